The van der Waals surface area contributed by atoms with Crippen molar-refractivity contribution in [3.8, 4) is 16.9 Å². The highest BCUT2D eigenvalue weighted by Crippen LogP contribution is 2.31. The van der Waals surface area contributed by atoms with Gasteiger partial charge in [0, 0.05) is 13.1 Å². The van der Waals surface area contributed by atoms with E-state index in [9.17, 15) is 18.0 Å². The van der Waals surface area contributed by atoms with E-state index in [1.54, 1.807) is 17.3 Å². The van der Waals surface area contributed by atoms with Crippen molar-refractivity contribution in [1.29, 1.82) is 0 Å². The number of ether oxygens (including phenoxy) is 1. The zero-order valence-electron chi connectivity index (χ0n) is 17.9. The largest absolute Gasteiger partial charge is 0.573 e. The predicted octanol–water partition coefficient (Wildman–Crippen LogP) is 6.02. The SMILES string of the molecule is CN(C(=O)N1C=NC(c2cccc(-c3cccc(OC(F)(F)F)c3)c2)C1)C1CCCCC1. The first kappa shape index (κ1) is 22.2. The van der Waals surface area contributed by atoms with E-state index >= 15 is 0 Å². The summed E-state index contributed by atoms with van der Waals surface area (Å²) in [6, 6.07) is 13.4. The first-order valence-electron chi connectivity index (χ1n) is 10.8. The normalized spacial score (nSPS) is 19.2. The van der Waals surface area contributed by atoms with Crippen molar-refractivity contribution in [2.75, 3.05) is 13.6 Å². The molecule has 32 heavy (non-hydrogen) atoms. The number of nitrogens with zero attached hydrogens (tertiary/aromatic N) is 3. The Morgan fingerprint density at radius 3 is 2.47 bits per heavy atom. The van der Waals surface area contributed by atoms with Crippen molar-refractivity contribution in [2.24, 2.45) is 4.99 Å². The molecule has 4 rings (SSSR count). The van der Waals surface area contributed by atoms with E-state index in [4.69, 9.17) is 0 Å². The van der Waals surface area contributed by atoms with Gasteiger partial charge >= 0.3 is 12.4 Å². The van der Waals surface area contributed by atoms with Gasteiger partial charge in [-0.05, 0) is 47.7 Å². The molecule has 0 saturated heterocycles. The number of carbonyl (C=O) groups is 1. The van der Waals surface area contributed by atoms with Crippen LogP contribution in [0.1, 0.15) is 43.7 Å². The van der Waals surface area contributed by atoms with Gasteiger partial charge in [0.15, 0.2) is 0 Å². The summed E-state index contributed by atoms with van der Waals surface area (Å²) in [5.41, 5.74) is 2.27. The number of hydrogen-bond donors (Lipinski definition) is 0. The van der Waals surface area contributed by atoms with Crippen LogP contribution in [0, 0.1) is 0 Å². The second kappa shape index (κ2) is 9.22. The lowest BCUT2D eigenvalue weighted by molar-refractivity contribution is -0.274. The minimum atomic E-state index is -4.74. The fourth-order valence-electron chi connectivity index (χ4n) is 4.39. The zero-order chi connectivity index (χ0) is 22.7. The van der Waals surface area contributed by atoms with Crippen LogP contribution >= 0.6 is 0 Å². The van der Waals surface area contributed by atoms with Crippen molar-refractivity contribution in [1.82, 2.24) is 9.80 Å². The van der Waals surface area contributed by atoms with Gasteiger partial charge in [0.1, 0.15) is 5.75 Å². The van der Waals surface area contributed by atoms with Gasteiger partial charge in [-0.1, -0.05) is 49.6 Å². The number of rotatable bonds is 4. The maximum Gasteiger partial charge on any atom is 0.573 e. The summed E-state index contributed by atoms with van der Waals surface area (Å²) < 4.78 is 41.7. The molecule has 170 valence electrons. The smallest absolute Gasteiger partial charge is 0.406 e. The predicted molar refractivity (Wildman–Crippen MR) is 117 cm³/mol. The van der Waals surface area contributed by atoms with Gasteiger partial charge in [-0.2, -0.15) is 0 Å². The van der Waals surface area contributed by atoms with Crippen LogP contribution in [-0.4, -0.2) is 48.2 Å². The molecule has 1 atom stereocenters. The summed E-state index contributed by atoms with van der Waals surface area (Å²) in [6.07, 6.45) is 2.47. The van der Waals surface area contributed by atoms with Crippen molar-refractivity contribution >= 4 is 12.4 Å². The van der Waals surface area contributed by atoms with Crippen LogP contribution in [0.25, 0.3) is 11.1 Å². The molecule has 1 heterocycles. The monoisotopic (exact) mass is 445 g/mol. The van der Waals surface area contributed by atoms with E-state index in [0.29, 0.717) is 12.1 Å². The molecule has 1 aliphatic carbocycles. The van der Waals surface area contributed by atoms with Crippen LogP contribution in [0.3, 0.4) is 0 Å². The van der Waals surface area contributed by atoms with Crippen molar-refractivity contribution in [3.63, 3.8) is 0 Å². The number of aliphatic imine (C=N–C) groups is 1. The van der Waals surface area contributed by atoms with Gasteiger partial charge in [-0.3, -0.25) is 9.89 Å². The molecule has 0 bridgehead atoms. The van der Waals surface area contributed by atoms with E-state index in [1.165, 1.54) is 24.6 Å². The lowest BCUT2D eigenvalue weighted by atomic mass is 9.95. The van der Waals surface area contributed by atoms with E-state index in [-0.39, 0.29) is 23.9 Å². The molecule has 2 aromatic carbocycles. The Bertz CT molecular complexity index is 986. The highest BCUT2D eigenvalue weighted by Gasteiger charge is 2.31. The third-order valence-electron chi connectivity index (χ3n) is 6.10. The molecule has 2 aromatic rings. The minimum Gasteiger partial charge on any atom is -0.406 e. The van der Waals surface area contributed by atoms with E-state index in [0.717, 1.165) is 36.8 Å². The van der Waals surface area contributed by atoms with Gasteiger partial charge in [-0.25, -0.2) is 4.79 Å². The summed E-state index contributed by atoms with van der Waals surface area (Å²) >= 11 is 0. The van der Waals surface area contributed by atoms with Crippen LogP contribution < -0.4 is 4.74 Å². The van der Waals surface area contributed by atoms with Crippen LogP contribution in [0.2, 0.25) is 0 Å². The number of halogens is 3. The standard InChI is InChI=1S/C24H26F3N3O2/c1-29(20-10-3-2-4-11-20)23(31)30-15-22(28-16-30)19-9-5-7-17(13-19)18-8-6-12-21(14-18)32-24(25,26)27/h5-9,12-14,16,20,22H,2-4,10-11,15H2,1H3. The quantitative estimate of drug-likeness (QED) is 0.578. The van der Waals surface area contributed by atoms with Crippen molar-refractivity contribution in [3.05, 3.63) is 54.1 Å². The first-order chi connectivity index (χ1) is 15.3. The summed E-state index contributed by atoms with van der Waals surface area (Å²) in [7, 11) is 1.86. The topological polar surface area (TPSA) is 45.1 Å². The van der Waals surface area contributed by atoms with Gasteiger partial charge in [0.25, 0.3) is 0 Å². The number of hydrogen-bond acceptors (Lipinski definition) is 3. The number of alkyl halides is 3. The van der Waals surface area contributed by atoms with E-state index in [1.807, 2.05) is 36.2 Å². The van der Waals surface area contributed by atoms with Crippen LogP contribution in [0.4, 0.5) is 18.0 Å². The maximum atomic E-state index is 12.9. The highest BCUT2D eigenvalue weighted by atomic mass is 19.4. The van der Waals surface area contributed by atoms with E-state index < -0.39 is 6.36 Å². The number of benzene rings is 2. The second-order valence-corrected chi connectivity index (χ2v) is 8.32. The van der Waals surface area contributed by atoms with Crippen molar-refractivity contribution in [2.45, 2.75) is 50.6 Å². The van der Waals surface area contributed by atoms with Crippen molar-refractivity contribution < 1.29 is 22.7 Å². The summed E-state index contributed by atoms with van der Waals surface area (Å²) in [5.74, 6) is -0.262. The fourth-order valence-corrected chi connectivity index (χ4v) is 4.39. The second-order valence-electron chi connectivity index (χ2n) is 8.32. The van der Waals surface area contributed by atoms with Crippen LogP contribution in [-0.2, 0) is 0 Å². The molecule has 0 aromatic heterocycles. The lowest BCUT2D eigenvalue weighted by Crippen LogP contribution is -2.45. The fraction of sp³-hybridized carbons (Fsp3) is 0.417. The number of urea groups is 1. The van der Waals surface area contributed by atoms with Gasteiger partial charge in [-0.15, -0.1) is 13.2 Å². The third-order valence-corrected chi connectivity index (χ3v) is 6.10. The Balaban J connectivity index is 1.45. The first-order valence-corrected chi connectivity index (χ1v) is 10.8. The average molecular weight is 445 g/mol. The highest BCUT2D eigenvalue weighted by molar-refractivity contribution is 5.87. The summed E-state index contributed by atoms with van der Waals surface area (Å²) in [6.45, 7) is 0.441. The molecule has 1 saturated carbocycles. The zero-order valence-corrected chi connectivity index (χ0v) is 17.9. The number of carbonyl (C=O) groups excluding carboxylic acids is 1. The Morgan fingerprint density at radius 2 is 1.75 bits per heavy atom. The molecular weight excluding hydrogens is 419 g/mol. The molecule has 0 N–H and O–H groups in total. The average Bonchev–Trinajstić information content (AvgIpc) is 3.28. The molecule has 8 heteroatoms. The maximum absolute atomic E-state index is 12.9. The molecule has 2 aliphatic rings. The minimum absolute atomic E-state index is 0.0451. The van der Waals surface area contributed by atoms with E-state index in [2.05, 4.69) is 9.73 Å². The Labute approximate surface area is 185 Å². The Hall–Kier alpha value is -3.03. The van der Waals surface area contributed by atoms with Gasteiger partial charge < -0.3 is 9.64 Å². The molecular formula is C24H26F3N3O2. The molecule has 0 radical (unpaired) electrons. The Kier molecular flexibility index (Phi) is 6.39. The molecule has 2 amide bonds. The third kappa shape index (κ3) is 5.23. The summed E-state index contributed by atoms with van der Waals surface area (Å²) in [5, 5.41) is 0. The Morgan fingerprint density at radius 1 is 1.06 bits per heavy atom. The van der Waals surface area contributed by atoms with Gasteiger partial charge in [0.2, 0.25) is 0 Å². The molecule has 1 aliphatic heterocycles. The number of amides is 2. The molecule has 1 unspecified atom stereocenters. The lowest BCUT2D eigenvalue weighted by Gasteiger charge is -2.33. The molecule has 0 spiro atoms. The summed E-state index contributed by atoms with van der Waals surface area (Å²) in [4.78, 5) is 20.9. The van der Waals surface area contributed by atoms with Crippen LogP contribution in [0.5, 0.6) is 5.75 Å². The molecule has 5 nitrogen and oxygen atoms in total. The molecule has 1 fully saturated rings. The van der Waals surface area contributed by atoms with Crippen LogP contribution in [0.15, 0.2) is 53.5 Å². The van der Waals surface area contributed by atoms with Gasteiger partial charge in [0.05, 0.1) is 18.9 Å².